The van der Waals surface area contributed by atoms with Gasteiger partial charge in [0.05, 0.1) is 5.56 Å². The fraction of sp³-hybridized carbons (Fsp3) is 0.500. The summed E-state index contributed by atoms with van der Waals surface area (Å²) in [7, 11) is 0. The van der Waals surface area contributed by atoms with E-state index in [1.54, 1.807) is 12.1 Å². The van der Waals surface area contributed by atoms with Crippen molar-refractivity contribution >= 4 is 27.6 Å². The molecule has 1 saturated carbocycles. The van der Waals surface area contributed by atoms with Crippen LogP contribution >= 0.6 is 15.9 Å². The van der Waals surface area contributed by atoms with Crippen LogP contribution in [0.15, 0.2) is 22.7 Å². The first kappa shape index (κ1) is 13.4. The van der Waals surface area contributed by atoms with Crippen molar-refractivity contribution in [2.75, 3.05) is 11.9 Å². The molecule has 2 rings (SSSR count). The van der Waals surface area contributed by atoms with Gasteiger partial charge in [0.15, 0.2) is 0 Å². The number of carboxylic acids is 1. The van der Waals surface area contributed by atoms with E-state index in [2.05, 4.69) is 35.1 Å². The van der Waals surface area contributed by atoms with Crippen molar-refractivity contribution < 1.29 is 9.90 Å². The predicted molar refractivity (Wildman–Crippen MR) is 76.1 cm³/mol. The molecule has 98 valence electrons. The third-order valence-corrected chi connectivity index (χ3v) is 4.45. The quantitative estimate of drug-likeness (QED) is 0.864. The Hall–Kier alpha value is -1.03. The molecule has 0 atom stereocenters. The molecule has 2 N–H and O–H groups in total. The Morgan fingerprint density at radius 2 is 2.17 bits per heavy atom. The Bertz CT molecular complexity index is 467. The minimum Gasteiger partial charge on any atom is -0.478 e. The van der Waals surface area contributed by atoms with Gasteiger partial charge in [-0.25, -0.2) is 4.79 Å². The summed E-state index contributed by atoms with van der Waals surface area (Å²) in [5.74, 6) is -0.259. The van der Waals surface area contributed by atoms with Crippen molar-refractivity contribution in [1.82, 2.24) is 0 Å². The second kappa shape index (κ2) is 4.92. The molecule has 1 aromatic rings. The zero-order valence-electron chi connectivity index (χ0n) is 10.7. The Balaban J connectivity index is 2.14. The van der Waals surface area contributed by atoms with Gasteiger partial charge in [-0.1, -0.05) is 29.8 Å². The number of rotatable bonds is 5. The summed E-state index contributed by atoms with van der Waals surface area (Å²) >= 11 is 3.38. The Kier molecular flexibility index (Phi) is 3.66. The number of hydrogen-bond acceptors (Lipinski definition) is 2. The second-order valence-electron chi connectivity index (χ2n) is 5.37. The Morgan fingerprint density at radius 1 is 1.50 bits per heavy atom. The molecule has 1 fully saturated rings. The van der Waals surface area contributed by atoms with Gasteiger partial charge in [-0.3, -0.25) is 0 Å². The molecule has 0 aliphatic heterocycles. The third-order valence-electron chi connectivity index (χ3n) is 3.96. The van der Waals surface area contributed by atoms with Gasteiger partial charge in [0.1, 0.15) is 0 Å². The number of aromatic carboxylic acids is 1. The van der Waals surface area contributed by atoms with Crippen LogP contribution in [0.1, 0.15) is 37.0 Å². The van der Waals surface area contributed by atoms with Crippen LogP contribution in [-0.2, 0) is 0 Å². The Labute approximate surface area is 116 Å². The van der Waals surface area contributed by atoms with Crippen LogP contribution in [0.2, 0.25) is 0 Å². The van der Waals surface area contributed by atoms with E-state index in [4.69, 9.17) is 5.11 Å². The molecule has 4 heteroatoms. The number of halogens is 1. The molecule has 0 radical (unpaired) electrons. The number of anilines is 1. The van der Waals surface area contributed by atoms with Crippen molar-refractivity contribution in [3.8, 4) is 0 Å². The molecule has 0 saturated heterocycles. The monoisotopic (exact) mass is 311 g/mol. The first-order valence-electron chi connectivity index (χ1n) is 6.21. The fourth-order valence-electron chi connectivity index (χ4n) is 2.24. The van der Waals surface area contributed by atoms with E-state index < -0.39 is 5.97 Å². The highest BCUT2D eigenvalue weighted by atomic mass is 79.9. The first-order valence-corrected chi connectivity index (χ1v) is 7.01. The second-order valence-corrected chi connectivity index (χ2v) is 6.28. The molecule has 1 aliphatic rings. The predicted octanol–water partition coefficient (Wildman–Crippen LogP) is 4.00. The average molecular weight is 312 g/mol. The van der Waals surface area contributed by atoms with Crippen molar-refractivity contribution in [2.45, 2.75) is 26.7 Å². The third kappa shape index (κ3) is 2.69. The van der Waals surface area contributed by atoms with Gasteiger partial charge in [-0.2, -0.15) is 0 Å². The van der Waals surface area contributed by atoms with E-state index in [1.165, 1.54) is 12.8 Å². The summed E-state index contributed by atoms with van der Waals surface area (Å²) in [6.45, 7) is 5.31. The highest BCUT2D eigenvalue weighted by Crippen LogP contribution is 2.51. The van der Waals surface area contributed by atoms with Crippen LogP contribution < -0.4 is 5.32 Å². The van der Waals surface area contributed by atoms with E-state index in [0.717, 1.165) is 11.0 Å². The topological polar surface area (TPSA) is 49.3 Å². The zero-order chi connectivity index (χ0) is 13.3. The minimum absolute atomic E-state index is 0.331. The van der Waals surface area contributed by atoms with E-state index in [1.807, 2.05) is 6.07 Å². The highest BCUT2D eigenvalue weighted by Gasteiger charge is 2.45. The van der Waals surface area contributed by atoms with E-state index in [0.29, 0.717) is 22.6 Å². The van der Waals surface area contributed by atoms with Crippen LogP contribution in [0.4, 0.5) is 5.69 Å². The molecule has 0 bridgehead atoms. The minimum atomic E-state index is -0.889. The SMILES string of the molecule is CC(C)C1(CNc2cc(Br)ccc2C(=O)O)CC1. The maximum absolute atomic E-state index is 11.2. The van der Waals surface area contributed by atoms with Gasteiger partial charge in [-0.15, -0.1) is 0 Å². The zero-order valence-corrected chi connectivity index (χ0v) is 12.3. The molecule has 0 amide bonds. The molecular formula is C14H18BrNO2. The lowest BCUT2D eigenvalue weighted by Crippen LogP contribution is -2.21. The van der Waals surface area contributed by atoms with Gasteiger partial charge in [0.2, 0.25) is 0 Å². The molecule has 0 aromatic heterocycles. The maximum atomic E-state index is 11.2. The van der Waals surface area contributed by atoms with E-state index in [-0.39, 0.29) is 0 Å². The summed E-state index contributed by atoms with van der Waals surface area (Å²) in [6, 6.07) is 5.22. The number of nitrogens with one attached hydrogen (secondary N) is 1. The number of benzene rings is 1. The molecule has 0 spiro atoms. The lowest BCUT2D eigenvalue weighted by atomic mass is 9.92. The standard InChI is InChI=1S/C14H18BrNO2/c1-9(2)14(5-6-14)8-16-12-7-10(15)3-4-11(12)13(17)18/h3-4,7,9,16H,5-6,8H2,1-2H3,(H,17,18). The van der Waals surface area contributed by atoms with Crippen LogP contribution in [0.3, 0.4) is 0 Å². The first-order chi connectivity index (χ1) is 8.44. The van der Waals surface area contributed by atoms with Crippen LogP contribution in [0.25, 0.3) is 0 Å². The fourth-order valence-corrected chi connectivity index (χ4v) is 2.60. The summed E-state index contributed by atoms with van der Waals surface area (Å²) in [6.07, 6.45) is 2.46. The number of hydrogen-bond donors (Lipinski definition) is 2. The summed E-state index contributed by atoms with van der Waals surface area (Å²) in [4.78, 5) is 11.2. The normalized spacial score (nSPS) is 16.7. The highest BCUT2D eigenvalue weighted by molar-refractivity contribution is 9.10. The van der Waals surface area contributed by atoms with E-state index in [9.17, 15) is 4.79 Å². The van der Waals surface area contributed by atoms with Crippen molar-refractivity contribution in [1.29, 1.82) is 0 Å². The summed E-state index contributed by atoms with van der Waals surface area (Å²) < 4.78 is 0.893. The van der Waals surface area contributed by atoms with Crippen LogP contribution in [0, 0.1) is 11.3 Å². The van der Waals surface area contributed by atoms with Crippen molar-refractivity contribution in [2.24, 2.45) is 11.3 Å². The molecule has 1 aliphatic carbocycles. The Morgan fingerprint density at radius 3 is 2.67 bits per heavy atom. The number of carbonyl (C=O) groups is 1. The largest absolute Gasteiger partial charge is 0.478 e. The smallest absolute Gasteiger partial charge is 0.337 e. The lowest BCUT2D eigenvalue weighted by Gasteiger charge is -2.21. The molecule has 0 unspecified atom stereocenters. The van der Waals surface area contributed by atoms with E-state index >= 15 is 0 Å². The van der Waals surface area contributed by atoms with Crippen LogP contribution in [-0.4, -0.2) is 17.6 Å². The average Bonchev–Trinajstić information content (AvgIpc) is 3.07. The summed E-state index contributed by atoms with van der Waals surface area (Å²) in [5.41, 5.74) is 1.39. The van der Waals surface area contributed by atoms with Crippen molar-refractivity contribution in [3.63, 3.8) is 0 Å². The van der Waals surface area contributed by atoms with Gasteiger partial charge < -0.3 is 10.4 Å². The van der Waals surface area contributed by atoms with Gasteiger partial charge in [0, 0.05) is 16.7 Å². The van der Waals surface area contributed by atoms with Gasteiger partial charge in [-0.05, 0) is 42.4 Å². The lowest BCUT2D eigenvalue weighted by molar-refractivity contribution is 0.0698. The number of carboxylic acid groups (broad SMARTS) is 1. The molecule has 0 heterocycles. The molecule has 1 aromatic carbocycles. The molecule has 3 nitrogen and oxygen atoms in total. The van der Waals surface area contributed by atoms with Crippen molar-refractivity contribution in [3.05, 3.63) is 28.2 Å². The van der Waals surface area contributed by atoms with Gasteiger partial charge in [0.25, 0.3) is 0 Å². The molecule has 18 heavy (non-hydrogen) atoms. The summed E-state index contributed by atoms with van der Waals surface area (Å²) in [5, 5.41) is 12.5. The molecular weight excluding hydrogens is 294 g/mol. The maximum Gasteiger partial charge on any atom is 0.337 e. The van der Waals surface area contributed by atoms with Gasteiger partial charge >= 0.3 is 5.97 Å². The van der Waals surface area contributed by atoms with Crippen LogP contribution in [0.5, 0.6) is 0 Å².